The van der Waals surface area contributed by atoms with Crippen LogP contribution in [0.15, 0.2) is 24.3 Å². The Bertz CT molecular complexity index is 534. The summed E-state index contributed by atoms with van der Waals surface area (Å²) in [4.78, 5) is 10.7. The molecule has 0 aliphatic heterocycles. The van der Waals surface area contributed by atoms with Crippen LogP contribution in [0.4, 0.5) is 0 Å². The lowest BCUT2D eigenvalue weighted by molar-refractivity contribution is -0.138. The average molecular weight is 233 g/mol. The van der Waals surface area contributed by atoms with E-state index < -0.39 is 12.0 Å². The molecule has 17 heavy (non-hydrogen) atoms. The van der Waals surface area contributed by atoms with Gasteiger partial charge in [0.25, 0.3) is 0 Å². The van der Waals surface area contributed by atoms with Gasteiger partial charge in [-0.25, -0.2) is 4.68 Å². The Kier molecular flexibility index (Phi) is 2.84. The van der Waals surface area contributed by atoms with Crippen LogP contribution >= 0.6 is 0 Å². The SMILES string of the molecule is Cn1nnnc1-c1ccc(C(N)C(=O)O)cc1. The number of nitrogens with two attached hydrogens (primary N) is 1. The number of aryl methyl sites for hydroxylation is 1. The fourth-order valence-electron chi connectivity index (χ4n) is 1.46. The fourth-order valence-corrected chi connectivity index (χ4v) is 1.46. The van der Waals surface area contributed by atoms with Crippen molar-refractivity contribution in [3.05, 3.63) is 29.8 Å². The van der Waals surface area contributed by atoms with E-state index in [1.807, 2.05) is 0 Å². The number of carbonyl (C=O) groups is 1. The number of aromatic nitrogens is 4. The minimum atomic E-state index is -1.06. The van der Waals surface area contributed by atoms with Crippen molar-refractivity contribution in [1.29, 1.82) is 0 Å². The van der Waals surface area contributed by atoms with Gasteiger partial charge in [0.1, 0.15) is 6.04 Å². The van der Waals surface area contributed by atoms with E-state index in [9.17, 15) is 4.79 Å². The molecule has 88 valence electrons. The maximum absolute atomic E-state index is 10.7. The smallest absolute Gasteiger partial charge is 0.325 e. The molecular formula is C10H11N5O2. The molecule has 7 nitrogen and oxygen atoms in total. The number of rotatable bonds is 3. The van der Waals surface area contributed by atoms with Crippen molar-refractivity contribution in [3.8, 4) is 11.4 Å². The van der Waals surface area contributed by atoms with E-state index in [1.54, 1.807) is 31.3 Å². The first-order chi connectivity index (χ1) is 8.09. The van der Waals surface area contributed by atoms with Crippen LogP contribution in [-0.4, -0.2) is 31.3 Å². The zero-order valence-corrected chi connectivity index (χ0v) is 9.11. The van der Waals surface area contributed by atoms with Crippen LogP contribution in [0.5, 0.6) is 0 Å². The minimum Gasteiger partial charge on any atom is -0.480 e. The summed E-state index contributed by atoms with van der Waals surface area (Å²) in [5.41, 5.74) is 6.83. The summed E-state index contributed by atoms with van der Waals surface area (Å²) in [6.45, 7) is 0. The molecule has 0 bridgehead atoms. The van der Waals surface area contributed by atoms with Crippen LogP contribution in [0.1, 0.15) is 11.6 Å². The van der Waals surface area contributed by atoms with Crippen molar-refractivity contribution < 1.29 is 9.90 Å². The van der Waals surface area contributed by atoms with E-state index >= 15 is 0 Å². The van der Waals surface area contributed by atoms with E-state index in [1.165, 1.54) is 4.68 Å². The van der Waals surface area contributed by atoms with E-state index in [-0.39, 0.29) is 0 Å². The van der Waals surface area contributed by atoms with Gasteiger partial charge in [-0.2, -0.15) is 0 Å². The largest absolute Gasteiger partial charge is 0.480 e. The van der Waals surface area contributed by atoms with Gasteiger partial charge in [-0.1, -0.05) is 24.3 Å². The fraction of sp³-hybridized carbons (Fsp3) is 0.200. The standard InChI is InChI=1S/C10H11N5O2/c1-15-9(12-13-14-15)7-4-2-6(3-5-7)8(11)10(16)17/h2-5,8H,11H2,1H3,(H,16,17). The summed E-state index contributed by atoms with van der Waals surface area (Å²) in [6.07, 6.45) is 0. The molecular weight excluding hydrogens is 222 g/mol. The lowest BCUT2D eigenvalue weighted by Gasteiger charge is -2.07. The van der Waals surface area contributed by atoms with Crippen molar-refractivity contribution in [2.75, 3.05) is 0 Å². The lowest BCUT2D eigenvalue weighted by Crippen LogP contribution is -2.20. The molecule has 2 aromatic rings. The van der Waals surface area contributed by atoms with Gasteiger partial charge in [0.15, 0.2) is 5.82 Å². The maximum Gasteiger partial charge on any atom is 0.325 e. The highest BCUT2D eigenvalue weighted by Crippen LogP contribution is 2.18. The monoisotopic (exact) mass is 233 g/mol. The van der Waals surface area contributed by atoms with Gasteiger partial charge in [0.2, 0.25) is 0 Å². The van der Waals surface area contributed by atoms with E-state index in [4.69, 9.17) is 10.8 Å². The van der Waals surface area contributed by atoms with Crippen molar-refractivity contribution in [2.24, 2.45) is 12.8 Å². The number of aliphatic carboxylic acids is 1. The van der Waals surface area contributed by atoms with Gasteiger partial charge in [0, 0.05) is 12.6 Å². The van der Waals surface area contributed by atoms with Crippen LogP contribution in [0.3, 0.4) is 0 Å². The number of nitrogens with zero attached hydrogens (tertiary/aromatic N) is 4. The van der Waals surface area contributed by atoms with Gasteiger partial charge in [-0.3, -0.25) is 4.79 Å². The second kappa shape index (κ2) is 4.30. The molecule has 1 aromatic heterocycles. The van der Waals surface area contributed by atoms with Crippen LogP contribution in [-0.2, 0) is 11.8 Å². The van der Waals surface area contributed by atoms with Gasteiger partial charge < -0.3 is 10.8 Å². The van der Waals surface area contributed by atoms with Crippen LogP contribution in [0, 0.1) is 0 Å². The van der Waals surface area contributed by atoms with Gasteiger partial charge in [-0.15, -0.1) is 5.10 Å². The zero-order chi connectivity index (χ0) is 12.4. The van der Waals surface area contributed by atoms with Crippen LogP contribution in [0.2, 0.25) is 0 Å². The first kappa shape index (κ1) is 11.2. The molecule has 0 saturated carbocycles. The summed E-state index contributed by atoms with van der Waals surface area (Å²) in [5.74, 6) is -0.446. The number of hydrogen-bond acceptors (Lipinski definition) is 5. The maximum atomic E-state index is 10.7. The third-order valence-corrected chi connectivity index (χ3v) is 2.41. The third-order valence-electron chi connectivity index (χ3n) is 2.41. The molecule has 2 rings (SSSR count). The highest BCUT2D eigenvalue weighted by Gasteiger charge is 2.14. The summed E-state index contributed by atoms with van der Waals surface area (Å²) >= 11 is 0. The Hall–Kier alpha value is -2.28. The Morgan fingerprint density at radius 3 is 2.53 bits per heavy atom. The lowest BCUT2D eigenvalue weighted by atomic mass is 10.1. The molecule has 3 N–H and O–H groups in total. The number of carboxylic acids is 1. The molecule has 0 aliphatic rings. The first-order valence-corrected chi connectivity index (χ1v) is 4.90. The van der Waals surface area contributed by atoms with E-state index in [0.29, 0.717) is 11.4 Å². The first-order valence-electron chi connectivity index (χ1n) is 4.90. The van der Waals surface area contributed by atoms with Crippen molar-refractivity contribution in [3.63, 3.8) is 0 Å². The Balaban J connectivity index is 2.31. The Morgan fingerprint density at radius 2 is 2.06 bits per heavy atom. The molecule has 1 unspecified atom stereocenters. The molecule has 1 atom stereocenters. The second-order valence-corrected chi connectivity index (χ2v) is 3.56. The minimum absolute atomic E-state index is 0.538. The highest BCUT2D eigenvalue weighted by molar-refractivity contribution is 5.75. The number of carboxylic acid groups (broad SMARTS) is 1. The van der Waals surface area contributed by atoms with Gasteiger partial charge >= 0.3 is 5.97 Å². The molecule has 0 fully saturated rings. The molecule has 0 aliphatic carbocycles. The topological polar surface area (TPSA) is 107 Å². The zero-order valence-electron chi connectivity index (χ0n) is 9.11. The average Bonchev–Trinajstić information content (AvgIpc) is 2.74. The summed E-state index contributed by atoms with van der Waals surface area (Å²) in [7, 11) is 1.73. The number of hydrogen-bond donors (Lipinski definition) is 2. The van der Waals surface area contributed by atoms with Crippen LogP contribution in [0.25, 0.3) is 11.4 Å². The predicted molar refractivity (Wildman–Crippen MR) is 58.8 cm³/mol. The quantitative estimate of drug-likeness (QED) is 0.770. The van der Waals surface area contributed by atoms with E-state index in [0.717, 1.165) is 5.56 Å². The second-order valence-electron chi connectivity index (χ2n) is 3.56. The predicted octanol–water partition coefficient (Wildman–Crippen LogP) is -0.0385. The van der Waals surface area contributed by atoms with Crippen molar-refractivity contribution in [1.82, 2.24) is 20.2 Å². The summed E-state index contributed by atoms with van der Waals surface area (Å²) < 4.78 is 1.53. The van der Waals surface area contributed by atoms with Gasteiger partial charge in [-0.05, 0) is 16.0 Å². The van der Waals surface area contributed by atoms with E-state index in [2.05, 4.69) is 15.5 Å². The Labute approximate surface area is 96.9 Å². The van der Waals surface area contributed by atoms with Crippen molar-refractivity contribution in [2.45, 2.75) is 6.04 Å². The summed E-state index contributed by atoms with van der Waals surface area (Å²) in [5, 5.41) is 19.9. The molecule has 0 saturated heterocycles. The molecule has 0 spiro atoms. The molecule has 1 heterocycles. The summed E-state index contributed by atoms with van der Waals surface area (Å²) in [6, 6.07) is 5.78. The third kappa shape index (κ3) is 2.13. The Morgan fingerprint density at radius 1 is 1.41 bits per heavy atom. The normalized spacial score (nSPS) is 12.4. The highest BCUT2D eigenvalue weighted by atomic mass is 16.4. The number of tetrazole rings is 1. The number of benzene rings is 1. The molecule has 0 radical (unpaired) electrons. The van der Waals surface area contributed by atoms with Crippen LogP contribution < -0.4 is 5.73 Å². The molecule has 0 amide bonds. The van der Waals surface area contributed by atoms with Crippen molar-refractivity contribution >= 4 is 5.97 Å². The molecule has 7 heteroatoms. The van der Waals surface area contributed by atoms with Gasteiger partial charge in [0.05, 0.1) is 0 Å². The molecule has 1 aromatic carbocycles.